The molecule has 1 aliphatic carbocycles. The van der Waals surface area contributed by atoms with Gasteiger partial charge in [-0.3, -0.25) is 0 Å². The molecule has 26 heavy (non-hydrogen) atoms. The first-order chi connectivity index (χ1) is 12.7. The van der Waals surface area contributed by atoms with Gasteiger partial charge in [0.25, 0.3) is 0 Å². The van der Waals surface area contributed by atoms with Crippen molar-refractivity contribution in [1.82, 2.24) is 4.90 Å². The zero-order valence-electron chi connectivity index (χ0n) is 16.0. The molecule has 1 amide bonds. The number of carbonyl (C=O) groups excluding carboxylic acids is 1. The smallest absolute Gasteiger partial charge is 0.410 e. The number of ether oxygens (including phenoxy) is 3. The highest BCUT2D eigenvalue weighted by Gasteiger charge is 2.40. The molecule has 1 saturated heterocycles. The Morgan fingerprint density at radius 1 is 1.08 bits per heavy atom. The maximum atomic E-state index is 12.3. The predicted octanol–water partition coefficient (Wildman–Crippen LogP) is 4.21. The molecule has 1 saturated carbocycles. The van der Waals surface area contributed by atoms with Gasteiger partial charge in [-0.2, -0.15) is 0 Å². The summed E-state index contributed by atoms with van der Waals surface area (Å²) in [6.07, 6.45) is 6.57. The van der Waals surface area contributed by atoms with E-state index in [-0.39, 0.29) is 12.4 Å². The van der Waals surface area contributed by atoms with Crippen molar-refractivity contribution in [3.63, 3.8) is 0 Å². The van der Waals surface area contributed by atoms with E-state index in [4.69, 9.17) is 14.2 Å². The summed E-state index contributed by atoms with van der Waals surface area (Å²) in [5, 5.41) is 0. The fourth-order valence-corrected chi connectivity index (χ4v) is 4.48. The summed E-state index contributed by atoms with van der Waals surface area (Å²) in [6, 6.07) is 9.84. The molecule has 0 unspecified atom stereocenters. The average Bonchev–Trinajstić information content (AvgIpc) is 2.70. The van der Waals surface area contributed by atoms with Crippen LogP contribution in [-0.4, -0.2) is 44.6 Å². The first-order valence-electron chi connectivity index (χ1n) is 9.67. The number of methoxy groups -OCH3 is 2. The molecule has 0 atom stereocenters. The van der Waals surface area contributed by atoms with E-state index in [1.807, 2.05) is 35.2 Å². The van der Waals surface area contributed by atoms with Gasteiger partial charge in [0.1, 0.15) is 6.61 Å². The van der Waals surface area contributed by atoms with Crippen molar-refractivity contribution in [2.75, 3.05) is 27.3 Å². The molecule has 5 heteroatoms. The molecular formula is C21H31NO4. The number of carbonyl (C=O) groups is 1. The summed E-state index contributed by atoms with van der Waals surface area (Å²) < 4.78 is 16.3. The van der Waals surface area contributed by atoms with Crippen molar-refractivity contribution in [3.05, 3.63) is 35.9 Å². The SMILES string of the molecule is COC(OC)C1CCC2(CC1)CCN(C(=O)OCc1ccccc1)CC2. The predicted molar refractivity (Wildman–Crippen MR) is 99.6 cm³/mol. The minimum atomic E-state index is -0.184. The van der Waals surface area contributed by atoms with E-state index in [0.717, 1.165) is 44.3 Å². The van der Waals surface area contributed by atoms with Crippen molar-refractivity contribution >= 4 is 6.09 Å². The van der Waals surface area contributed by atoms with Crippen LogP contribution < -0.4 is 0 Å². The lowest BCUT2D eigenvalue weighted by Crippen LogP contribution is -2.45. The Bertz CT molecular complexity index is 555. The summed E-state index contributed by atoms with van der Waals surface area (Å²) in [6.45, 7) is 1.95. The van der Waals surface area contributed by atoms with E-state index >= 15 is 0 Å². The van der Waals surface area contributed by atoms with Gasteiger partial charge in [0.2, 0.25) is 0 Å². The third-order valence-corrected chi connectivity index (χ3v) is 6.23. The summed E-state index contributed by atoms with van der Waals surface area (Å²) in [7, 11) is 3.44. The van der Waals surface area contributed by atoms with Crippen molar-refractivity contribution in [3.8, 4) is 0 Å². The summed E-state index contributed by atoms with van der Waals surface area (Å²) in [5.41, 5.74) is 1.41. The molecule has 144 valence electrons. The lowest BCUT2D eigenvalue weighted by atomic mass is 9.65. The first-order valence-corrected chi connectivity index (χ1v) is 9.67. The fraction of sp³-hybridized carbons (Fsp3) is 0.667. The molecular weight excluding hydrogens is 330 g/mol. The Labute approximate surface area is 156 Å². The number of benzene rings is 1. The topological polar surface area (TPSA) is 48.0 Å². The second-order valence-electron chi connectivity index (χ2n) is 7.70. The third kappa shape index (κ3) is 4.57. The Kier molecular flexibility index (Phi) is 6.54. The number of hydrogen-bond donors (Lipinski definition) is 0. The summed E-state index contributed by atoms with van der Waals surface area (Å²) >= 11 is 0. The van der Waals surface area contributed by atoms with Crippen LogP contribution in [0.5, 0.6) is 0 Å². The fourth-order valence-electron chi connectivity index (χ4n) is 4.48. The van der Waals surface area contributed by atoms with E-state index in [1.165, 1.54) is 12.8 Å². The van der Waals surface area contributed by atoms with E-state index in [2.05, 4.69) is 0 Å². The molecule has 1 heterocycles. The van der Waals surface area contributed by atoms with Crippen LogP contribution in [0, 0.1) is 11.3 Å². The minimum absolute atomic E-state index is 0.0830. The molecule has 0 radical (unpaired) electrons. The van der Waals surface area contributed by atoms with Crippen LogP contribution in [0.2, 0.25) is 0 Å². The van der Waals surface area contributed by atoms with Gasteiger partial charge >= 0.3 is 6.09 Å². The van der Waals surface area contributed by atoms with Gasteiger partial charge in [-0.25, -0.2) is 4.79 Å². The lowest BCUT2D eigenvalue weighted by Gasteiger charge is -2.46. The third-order valence-electron chi connectivity index (χ3n) is 6.23. The second kappa shape index (κ2) is 8.87. The van der Waals surface area contributed by atoms with Crippen LogP contribution in [0.3, 0.4) is 0 Å². The van der Waals surface area contributed by atoms with Crippen LogP contribution in [0.1, 0.15) is 44.1 Å². The number of amides is 1. The van der Waals surface area contributed by atoms with Gasteiger partial charge in [-0.1, -0.05) is 30.3 Å². The molecule has 1 aliphatic heterocycles. The van der Waals surface area contributed by atoms with Gasteiger partial charge in [-0.05, 0) is 49.5 Å². The molecule has 3 rings (SSSR count). The van der Waals surface area contributed by atoms with Crippen molar-refractivity contribution in [2.24, 2.45) is 11.3 Å². The van der Waals surface area contributed by atoms with E-state index < -0.39 is 0 Å². The normalized spacial score (nSPS) is 20.5. The van der Waals surface area contributed by atoms with Crippen LogP contribution in [0.15, 0.2) is 30.3 Å². The Hall–Kier alpha value is -1.59. The standard InChI is InChI=1S/C21H31NO4/c1-24-19(25-2)18-8-10-21(11-9-18)12-14-22(15-13-21)20(23)26-16-17-6-4-3-5-7-17/h3-7,18-19H,8-16H2,1-2H3. The highest BCUT2D eigenvalue weighted by molar-refractivity contribution is 5.67. The first kappa shape index (κ1) is 19.2. The van der Waals surface area contributed by atoms with E-state index in [9.17, 15) is 4.79 Å². The molecule has 0 aromatic heterocycles. The highest BCUT2D eigenvalue weighted by Crippen LogP contribution is 2.47. The van der Waals surface area contributed by atoms with Gasteiger partial charge in [-0.15, -0.1) is 0 Å². The van der Waals surface area contributed by atoms with Gasteiger partial charge in [0.15, 0.2) is 6.29 Å². The van der Waals surface area contributed by atoms with Crippen LogP contribution in [0.4, 0.5) is 4.79 Å². The average molecular weight is 361 g/mol. The molecule has 2 aliphatic rings. The van der Waals surface area contributed by atoms with Gasteiger partial charge in [0, 0.05) is 33.2 Å². The maximum Gasteiger partial charge on any atom is 0.410 e. The highest BCUT2D eigenvalue weighted by atomic mass is 16.7. The monoisotopic (exact) mass is 361 g/mol. The van der Waals surface area contributed by atoms with Crippen molar-refractivity contribution < 1.29 is 19.0 Å². The Morgan fingerprint density at radius 2 is 1.69 bits per heavy atom. The van der Waals surface area contributed by atoms with Gasteiger partial charge in [0.05, 0.1) is 0 Å². The van der Waals surface area contributed by atoms with E-state index in [1.54, 1.807) is 14.2 Å². The lowest BCUT2D eigenvalue weighted by molar-refractivity contribution is -0.151. The zero-order valence-corrected chi connectivity index (χ0v) is 16.0. The van der Waals surface area contributed by atoms with Crippen LogP contribution >= 0.6 is 0 Å². The number of nitrogens with zero attached hydrogens (tertiary/aromatic N) is 1. The summed E-state index contributed by atoms with van der Waals surface area (Å²) in [5.74, 6) is 0.490. The van der Waals surface area contributed by atoms with Crippen LogP contribution in [-0.2, 0) is 20.8 Å². The quantitative estimate of drug-likeness (QED) is 0.737. The number of piperidine rings is 1. The largest absolute Gasteiger partial charge is 0.445 e. The number of rotatable bonds is 5. The van der Waals surface area contributed by atoms with Crippen LogP contribution in [0.25, 0.3) is 0 Å². The second-order valence-corrected chi connectivity index (χ2v) is 7.70. The molecule has 2 fully saturated rings. The van der Waals surface area contributed by atoms with Crippen molar-refractivity contribution in [2.45, 2.75) is 51.4 Å². The Morgan fingerprint density at radius 3 is 2.27 bits per heavy atom. The summed E-state index contributed by atoms with van der Waals surface area (Å²) in [4.78, 5) is 14.2. The number of hydrogen-bond acceptors (Lipinski definition) is 4. The number of likely N-dealkylation sites (tertiary alicyclic amines) is 1. The van der Waals surface area contributed by atoms with E-state index in [0.29, 0.717) is 17.9 Å². The van der Waals surface area contributed by atoms with Gasteiger partial charge < -0.3 is 19.1 Å². The molecule has 5 nitrogen and oxygen atoms in total. The molecule has 0 N–H and O–H groups in total. The Balaban J connectivity index is 1.43. The zero-order chi connectivity index (χ0) is 18.4. The molecule has 0 bridgehead atoms. The minimum Gasteiger partial charge on any atom is -0.445 e. The maximum absolute atomic E-state index is 12.3. The molecule has 1 aromatic rings. The van der Waals surface area contributed by atoms with Crippen molar-refractivity contribution in [1.29, 1.82) is 0 Å². The molecule has 1 spiro atoms. The molecule has 1 aromatic carbocycles.